The van der Waals surface area contributed by atoms with Crippen LogP contribution in [0.5, 0.6) is 0 Å². The van der Waals surface area contributed by atoms with Crippen molar-refractivity contribution in [2.24, 2.45) is 5.92 Å². The molecule has 1 aromatic carbocycles. The van der Waals surface area contributed by atoms with Crippen molar-refractivity contribution < 1.29 is 4.92 Å². The van der Waals surface area contributed by atoms with Crippen molar-refractivity contribution in [1.82, 2.24) is 14.9 Å². The summed E-state index contributed by atoms with van der Waals surface area (Å²) < 4.78 is 0. The minimum Gasteiger partial charge on any atom is -0.370 e. The average molecular weight is 369 g/mol. The van der Waals surface area contributed by atoms with Gasteiger partial charge in [-0.2, -0.15) is 0 Å². The van der Waals surface area contributed by atoms with E-state index in [1.165, 1.54) is 31.5 Å². The molecule has 144 valence electrons. The highest BCUT2D eigenvalue weighted by molar-refractivity contribution is 5.59. The van der Waals surface area contributed by atoms with Gasteiger partial charge >= 0.3 is 0 Å². The number of anilines is 1. The van der Waals surface area contributed by atoms with Crippen molar-refractivity contribution in [2.75, 3.05) is 31.5 Å². The summed E-state index contributed by atoms with van der Waals surface area (Å²) in [6.45, 7) is 8.61. The number of hydrogen-bond donors (Lipinski definition) is 1. The van der Waals surface area contributed by atoms with Gasteiger partial charge in [-0.15, -0.1) is 0 Å². The molecule has 2 heterocycles. The van der Waals surface area contributed by atoms with E-state index in [9.17, 15) is 10.1 Å². The molecule has 1 aromatic heterocycles. The molecule has 1 saturated heterocycles. The van der Waals surface area contributed by atoms with E-state index in [0.717, 1.165) is 43.1 Å². The van der Waals surface area contributed by atoms with E-state index in [1.54, 1.807) is 12.1 Å². The van der Waals surface area contributed by atoms with E-state index in [-0.39, 0.29) is 5.69 Å². The Hall–Kier alpha value is -2.54. The molecular weight excluding hydrogens is 342 g/mol. The maximum Gasteiger partial charge on any atom is 0.269 e. The maximum atomic E-state index is 10.8. The molecular formula is C20H27N5O2. The van der Waals surface area contributed by atoms with Crippen LogP contribution < -0.4 is 5.32 Å². The molecule has 1 N–H and O–H groups in total. The standard InChI is InChI=1S/C20H27N5O2/c1-3-17-12-19(21-13-15-6-5-11-24(4-2)14-15)23-20(22-17)16-7-9-18(10-8-16)25(26)27/h7-10,12,15H,3-6,11,13-14H2,1-2H3,(H,21,22,23)/t15-/m0/s1. The minimum absolute atomic E-state index is 0.0709. The van der Waals surface area contributed by atoms with Crippen LogP contribution in [-0.2, 0) is 6.42 Å². The zero-order valence-electron chi connectivity index (χ0n) is 16.0. The normalized spacial score (nSPS) is 17.6. The van der Waals surface area contributed by atoms with Gasteiger partial charge in [0.1, 0.15) is 5.82 Å². The molecule has 0 radical (unpaired) electrons. The van der Waals surface area contributed by atoms with Crippen LogP contribution in [0, 0.1) is 16.0 Å². The van der Waals surface area contributed by atoms with E-state index in [2.05, 4.69) is 34.0 Å². The third-order valence-corrected chi connectivity index (χ3v) is 5.10. The zero-order chi connectivity index (χ0) is 19.2. The number of aryl methyl sites for hydroxylation is 1. The Labute approximate surface area is 160 Å². The Morgan fingerprint density at radius 3 is 2.70 bits per heavy atom. The molecule has 2 aromatic rings. The molecule has 0 spiro atoms. The highest BCUT2D eigenvalue weighted by Gasteiger charge is 2.18. The molecule has 1 aliphatic rings. The fourth-order valence-corrected chi connectivity index (χ4v) is 3.48. The number of nitro groups is 1. The SMILES string of the molecule is CCc1cc(NC[C@@H]2CCCN(CC)C2)nc(-c2ccc([N+](=O)[O-])cc2)n1. The number of hydrogen-bond acceptors (Lipinski definition) is 6. The topological polar surface area (TPSA) is 84.2 Å². The number of piperidine rings is 1. The summed E-state index contributed by atoms with van der Waals surface area (Å²) in [5.74, 6) is 2.05. The lowest BCUT2D eigenvalue weighted by Gasteiger charge is -2.32. The molecule has 1 fully saturated rings. The van der Waals surface area contributed by atoms with Crippen molar-refractivity contribution >= 4 is 11.5 Å². The number of non-ortho nitro benzene ring substituents is 1. The minimum atomic E-state index is -0.399. The predicted molar refractivity (Wildman–Crippen MR) is 107 cm³/mol. The molecule has 0 aliphatic carbocycles. The summed E-state index contributed by atoms with van der Waals surface area (Å²) in [6, 6.07) is 8.39. The largest absolute Gasteiger partial charge is 0.370 e. The van der Waals surface area contributed by atoms with Crippen LogP contribution in [-0.4, -0.2) is 46.0 Å². The fourth-order valence-electron chi connectivity index (χ4n) is 3.48. The number of benzene rings is 1. The molecule has 0 unspecified atom stereocenters. The molecule has 0 amide bonds. The number of nitrogens with one attached hydrogen (secondary N) is 1. The molecule has 1 atom stereocenters. The Bertz CT molecular complexity index is 778. The fraction of sp³-hybridized carbons (Fsp3) is 0.500. The first-order valence-electron chi connectivity index (χ1n) is 9.68. The average Bonchev–Trinajstić information content (AvgIpc) is 2.72. The third kappa shape index (κ3) is 5.01. The molecule has 7 heteroatoms. The van der Waals surface area contributed by atoms with Crippen LogP contribution in [0.2, 0.25) is 0 Å². The van der Waals surface area contributed by atoms with Crippen LogP contribution in [0.3, 0.4) is 0 Å². The third-order valence-electron chi connectivity index (χ3n) is 5.10. The van der Waals surface area contributed by atoms with Gasteiger partial charge in [-0.1, -0.05) is 13.8 Å². The van der Waals surface area contributed by atoms with Gasteiger partial charge in [0.25, 0.3) is 5.69 Å². The molecule has 1 aliphatic heterocycles. The lowest BCUT2D eigenvalue weighted by Crippen LogP contribution is -2.37. The quantitative estimate of drug-likeness (QED) is 0.591. The smallest absolute Gasteiger partial charge is 0.269 e. The van der Waals surface area contributed by atoms with Crippen LogP contribution in [0.15, 0.2) is 30.3 Å². The molecule has 3 rings (SSSR count). The lowest BCUT2D eigenvalue weighted by atomic mass is 9.98. The summed E-state index contributed by atoms with van der Waals surface area (Å²) >= 11 is 0. The monoisotopic (exact) mass is 369 g/mol. The van der Waals surface area contributed by atoms with Crippen molar-refractivity contribution in [1.29, 1.82) is 0 Å². The van der Waals surface area contributed by atoms with Crippen molar-refractivity contribution in [2.45, 2.75) is 33.1 Å². The number of likely N-dealkylation sites (tertiary alicyclic amines) is 1. The van der Waals surface area contributed by atoms with Gasteiger partial charge in [-0.05, 0) is 50.4 Å². The van der Waals surface area contributed by atoms with Gasteiger partial charge in [0.2, 0.25) is 0 Å². The van der Waals surface area contributed by atoms with Gasteiger partial charge < -0.3 is 10.2 Å². The summed E-state index contributed by atoms with van der Waals surface area (Å²) in [7, 11) is 0. The van der Waals surface area contributed by atoms with Gasteiger partial charge in [-0.3, -0.25) is 10.1 Å². The second-order valence-electron chi connectivity index (χ2n) is 7.01. The Balaban J connectivity index is 1.74. The predicted octanol–water partition coefficient (Wildman–Crippen LogP) is 3.76. The van der Waals surface area contributed by atoms with Crippen molar-refractivity contribution in [3.63, 3.8) is 0 Å². The van der Waals surface area contributed by atoms with E-state index in [1.807, 2.05) is 6.07 Å². The van der Waals surface area contributed by atoms with E-state index in [4.69, 9.17) is 0 Å². The van der Waals surface area contributed by atoms with E-state index in [0.29, 0.717) is 11.7 Å². The Morgan fingerprint density at radius 2 is 2.04 bits per heavy atom. The first kappa shape index (κ1) is 19.2. The van der Waals surface area contributed by atoms with Crippen molar-refractivity contribution in [3.8, 4) is 11.4 Å². The molecule has 27 heavy (non-hydrogen) atoms. The van der Waals surface area contributed by atoms with E-state index < -0.39 is 4.92 Å². The highest BCUT2D eigenvalue weighted by atomic mass is 16.6. The summed E-state index contributed by atoms with van der Waals surface area (Å²) in [5.41, 5.74) is 1.81. The number of aromatic nitrogens is 2. The number of rotatable bonds is 7. The Kier molecular flexibility index (Phi) is 6.34. The second-order valence-corrected chi connectivity index (χ2v) is 7.01. The number of nitrogens with zero attached hydrogens (tertiary/aromatic N) is 4. The molecule has 0 saturated carbocycles. The first-order valence-corrected chi connectivity index (χ1v) is 9.68. The molecule has 0 bridgehead atoms. The Morgan fingerprint density at radius 1 is 1.26 bits per heavy atom. The van der Waals surface area contributed by atoms with Gasteiger partial charge in [-0.25, -0.2) is 9.97 Å². The zero-order valence-corrected chi connectivity index (χ0v) is 16.0. The van der Waals surface area contributed by atoms with Crippen LogP contribution >= 0.6 is 0 Å². The van der Waals surface area contributed by atoms with Gasteiger partial charge in [0, 0.05) is 42.5 Å². The first-order chi connectivity index (χ1) is 13.1. The summed E-state index contributed by atoms with van der Waals surface area (Å²) in [4.78, 5) is 22.2. The summed E-state index contributed by atoms with van der Waals surface area (Å²) in [6.07, 6.45) is 3.30. The van der Waals surface area contributed by atoms with Gasteiger partial charge in [0.05, 0.1) is 4.92 Å². The van der Waals surface area contributed by atoms with E-state index >= 15 is 0 Å². The number of nitro benzene ring substituents is 1. The van der Waals surface area contributed by atoms with Gasteiger partial charge in [0.15, 0.2) is 5.82 Å². The molecule has 7 nitrogen and oxygen atoms in total. The maximum absolute atomic E-state index is 10.8. The van der Waals surface area contributed by atoms with Crippen molar-refractivity contribution in [3.05, 3.63) is 46.1 Å². The van der Waals surface area contributed by atoms with Crippen LogP contribution in [0.1, 0.15) is 32.4 Å². The second kappa shape index (κ2) is 8.90. The van der Waals surface area contributed by atoms with Crippen LogP contribution in [0.4, 0.5) is 11.5 Å². The van der Waals surface area contributed by atoms with Crippen LogP contribution in [0.25, 0.3) is 11.4 Å². The highest BCUT2D eigenvalue weighted by Crippen LogP contribution is 2.22. The summed E-state index contributed by atoms with van der Waals surface area (Å²) in [5, 5.41) is 14.3. The lowest BCUT2D eigenvalue weighted by molar-refractivity contribution is -0.384.